The second kappa shape index (κ2) is 7.75. The molecular formula is C15H25NO5. The molecule has 2 heterocycles. The summed E-state index contributed by atoms with van der Waals surface area (Å²) in [5.41, 5.74) is 0. The zero-order chi connectivity index (χ0) is 15.2. The minimum atomic E-state index is -0.881. The summed E-state index contributed by atoms with van der Waals surface area (Å²) in [5.74, 6) is -1.03. The van der Waals surface area contributed by atoms with Crippen molar-refractivity contribution in [2.24, 2.45) is 5.92 Å². The first-order valence-corrected chi connectivity index (χ1v) is 7.81. The lowest BCUT2D eigenvalue weighted by molar-refractivity contribution is -0.146. The number of aliphatic carboxylic acids is 1. The number of rotatable bonds is 6. The maximum atomic E-state index is 12.7. The first-order valence-electron chi connectivity index (χ1n) is 7.81. The van der Waals surface area contributed by atoms with Gasteiger partial charge in [-0.05, 0) is 32.6 Å². The fourth-order valence-corrected chi connectivity index (χ4v) is 3.04. The van der Waals surface area contributed by atoms with Gasteiger partial charge in [-0.3, -0.25) is 9.59 Å². The van der Waals surface area contributed by atoms with Crippen LogP contribution in [-0.4, -0.2) is 60.4 Å². The number of carbonyl (C=O) groups is 2. The Kier molecular flexibility index (Phi) is 5.99. The highest BCUT2D eigenvalue weighted by Crippen LogP contribution is 2.24. The zero-order valence-corrected chi connectivity index (χ0v) is 12.6. The molecule has 2 saturated heterocycles. The van der Waals surface area contributed by atoms with Gasteiger partial charge in [-0.25, -0.2) is 0 Å². The van der Waals surface area contributed by atoms with Gasteiger partial charge in [0.15, 0.2) is 0 Å². The van der Waals surface area contributed by atoms with E-state index in [2.05, 4.69) is 0 Å². The number of hydrogen-bond acceptors (Lipinski definition) is 4. The van der Waals surface area contributed by atoms with Crippen molar-refractivity contribution in [1.82, 2.24) is 4.90 Å². The monoisotopic (exact) mass is 299 g/mol. The molecule has 0 aromatic rings. The molecule has 0 saturated carbocycles. The summed E-state index contributed by atoms with van der Waals surface area (Å²) in [7, 11) is 0. The number of ether oxygens (including phenoxy) is 2. The van der Waals surface area contributed by atoms with Gasteiger partial charge in [0.1, 0.15) is 0 Å². The summed E-state index contributed by atoms with van der Waals surface area (Å²) < 4.78 is 11.1. The van der Waals surface area contributed by atoms with E-state index in [1.807, 2.05) is 6.92 Å². The second-order valence-corrected chi connectivity index (χ2v) is 5.89. The third-order valence-electron chi connectivity index (χ3n) is 4.28. The molecule has 120 valence electrons. The SMILES string of the molecule is CC1OCCCC1C(=O)N(CCC(=O)O)CC1CCCO1. The minimum Gasteiger partial charge on any atom is -0.481 e. The zero-order valence-electron chi connectivity index (χ0n) is 12.6. The van der Waals surface area contributed by atoms with Crippen LogP contribution >= 0.6 is 0 Å². The van der Waals surface area contributed by atoms with Crippen molar-refractivity contribution in [3.8, 4) is 0 Å². The summed E-state index contributed by atoms with van der Waals surface area (Å²) in [4.78, 5) is 25.2. The Morgan fingerprint density at radius 2 is 1.90 bits per heavy atom. The summed E-state index contributed by atoms with van der Waals surface area (Å²) in [6.07, 6.45) is 3.57. The predicted molar refractivity (Wildman–Crippen MR) is 75.9 cm³/mol. The highest BCUT2D eigenvalue weighted by atomic mass is 16.5. The fraction of sp³-hybridized carbons (Fsp3) is 0.867. The summed E-state index contributed by atoms with van der Waals surface area (Å²) >= 11 is 0. The largest absolute Gasteiger partial charge is 0.481 e. The van der Waals surface area contributed by atoms with Crippen molar-refractivity contribution in [3.05, 3.63) is 0 Å². The molecule has 0 aromatic carbocycles. The smallest absolute Gasteiger partial charge is 0.305 e. The van der Waals surface area contributed by atoms with Crippen molar-refractivity contribution < 1.29 is 24.2 Å². The Morgan fingerprint density at radius 1 is 1.19 bits per heavy atom. The molecule has 6 nitrogen and oxygen atoms in total. The van der Waals surface area contributed by atoms with Crippen LogP contribution < -0.4 is 0 Å². The lowest BCUT2D eigenvalue weighted by atomic mass is 9.93. The van der Waals surface area contributed by atoms with Crippen LogP contribution in [-0.2, 0) is 19.1 Å². The Balaban J connectivity index is 1.97. The highest BCUT2D eigenvalue weighted by Gasteiger charge is 2.33. The normalized spacial score (nSPS) is 29.3. The third kappa shape index (κ3) is 4.68. The van der Waals surface area contributed by atoms with Gasteiger partial charge in [0.25, 0.3) is 0 Å². The molecule has 6 heteroatoms. The van der Waals surface area contributed by atoms with Crippen LogP contribution in [0, 0.1) is 5.92 Å². The lowest BCUT2D eigenvalue weighted by Gasteiger charge is -2.34. The molecule has 1 N–H and O–H groups in total. The van der Waals surface area contributed by atoms with E-state index in [0.717, 1.165) is 32.3 Å². The number of carbonyl (C=O) groups excluding carboxylic acids is 1. The third-order valence-corrected chi connectivity index (χ3v) is 4.28. The highest BCUT2D eigenvalue weighted by molar-refractivity contribution is 5.80. The van der Waals surface area contributed by atoms with Crippen LogP contribution in [0.4, 0.5) is 0 Å². The van der Waals surface area contributed by atoms with Crippen LogP contribution in [0.15, 0.2) is 0 Å². The van der Waals surface area contributed by atoms with Crippen LogP contribution in [0.1, 0.15) is 39.0 Å². The Labute approximate surface area is 125 Å². The van der Waals surface area contributed by atoms with Gasteiger partial charge < -0.3 is 19.5 Å². The average Bonchev–Trinajstić information content (AvgIpc) is 2.96. The molecule has 0 spiro atoms. The van der Waals surface area contributed by atoms with E-state index in [9.17, 15) is 9.59 Å². The van der Waals surface area contributed by atoms with Crippen LogP contribution in [0.5, 0.6) is 0 Å². The molecule has 21 heavy (non-hydrogen) atoms. The molecule has 2 rings (SSSR count). The first kappa shape index (κ1) is 16.2. The van der Waals surface area contributed by atoms with Crippen molar-refractivity contribution in [2.75, 3.05) is 26.3 Å². The van der Waals surface area contributed by atoms with Crippen molar-refractivity contribution >= 4 is 11.9 Å². The Morgan fingerprint density at radius 3 is 2.52 bits per heavy atom. The Hall–Kier alpha value is -1.14. The van der Waals surface area contributed by atoms with E-state index < -0.39 is 5.97 Å². The Bertz CT molecular complexity index is 367. The number of hydrogen-bond donors (Lipinski definition) is 1. The van der Waals surface area contributed by atoms with E-state index in [1.165, 1.54) is 0 Å². The quantitative estimate of drug-likeness (QED) is 0.799. The van der Waals surface area contributed by atoms with Crippen LogP contribution in [0.2, 0.25) is 0 Å². The standard InChI is InChI=1S/C15H25NO5/c1-11-13(5-3-8-20-11)15(19)16(7-6-14(17)18)10-12-4-2-9-21-12/h11-13H,2-10H2,1H3,(H,17,18). The molecule has 0 bridgehead atoms. The summed E-state index contributed by atoms with van der Waals surface area (Å²) in [5, 5.41) is 8.87. The lowest BCUT2D eigenvalue weighted by Crippen LogP contribution is -2.46. The van der Waals surface area contributed by atoms with E-state index in [-0.39, 0.29) is 37.0 Å². The van der Waals surface area contributed by atoms with E-state index >= 15 is 0 Å². The van der Waals surface area contributed by atoms with Gasteiger partial charge >= 0.3 is 5.97 Å². The van der Waals surface area contributed by atoms with Crippen molar-refractivity contribution in [3.63, 3.8) is 0 Å². The molecule has 2 aliphatic heterocycles. The number of carboxylic acids is 1. The molecule has 3 atom stereocenters. The fourth-order valence-electron chi connectivity index (χ4n) is 3.04. The number of carboxylic acid groups (broad SMARTS) is 1. The summed E-state index contributed by atoms with van der Waals surface area (Å²) in [6.45, 7) is 4.09. The molecule has 1 amide bonds. The molecule has 2 aliphatic rings. The van der Waals surface area contributed by atoms with Crippen molar-refractivity contribution in [2.45, 2.75) is 51.2 Å². The maximum Gasteiger partial charge on any atom is 0.305 e. The average molecular weight is 299 g/mol. The van der Waals surface area contributed by atoms with E-state index in [1.54, 1.807) is 4.90 Å². The van der Waals surface area contributed by atoms with E-state index in [4.69, 9.17) is 14.6 Å². The van der Waals surface area contributed by atoms with Gasteiger partial charge in [0.05, 0.1) is 24.5 Å². The molecule has 2 fully saturated rings. The minimum absolute atomic E-state index is 0.0129. The first-order chi connectivity index (χ1) is 10.1. The molecule has 3 unspecified atom stereocenters. The second-order valence-electron chi connectivity index (χ2n) is 5.89. The predicted octanol–water partition coefficient (Wildman–Crippen LogP) is 1.28. The molecule has 0 aliphatic carbocycles. The number of amides is 1. The number of nitrogens with zero attached hydrogens (tertiary/aromatic N) is 1. The van der Waals surface area contributed by atoms with Gasteiger partial charge in [0, 0.05) is 26.3 Å². The topological polar surface area (TPSA) is 76.1 Å². The van der Waals surface area contributed by atoms with Crippen molar-refractivity contribution in [1.29, 1.82) is 0 Å². The van der Waals surface area contributed by atoms with Crippen LogP contribution in [0.3, 0.4) is 0 Å². The molecule has 0 radical (unpaired) electrons. The van der Waals surface area contributed by atoms with Crippen LogP contribution in [0.25, 0.3) is 0 Å². The maximum absolute atomic E-state index is 12.7. The van der Waals surface area contributed by atoms with Gasteiger partial charge in [-0.2, -0.15) is 0 Å². The summed E-state index contributed by atoms with van der Waals surface area (Å²) in [6, 6.07) is 0. The van der Waals surface area contributed by atoms with Gasteiger partial charge in [-0.15, -0.1) is 0 Å². The van der Waals surface area contributed by atoms with Gasteiger partial charge in [0.2, 0.25) is 5.91 Å². The van der Waals surface area contributed by atoms with Gasteiger partial charge in [-0.1, -0.05) is 0 Å². The van der Waals surface area contributed by atoms with E-state index in [0.29, 0.717) is 13.2 Å². The molecular weight excluding hydrogens is 274 g/mol. The molecule has 0 aromatic heterocycles.